The van der Waals surface area contributed by atoms with Gasteiger partial charge in [-0.1, -0.05) is 5.21 Å². The number of benzene rings is 1. The number of hydrogen-bond donors (Lipinski definition) is 1. The fourth-order valence-corrected chi connectivity index (χ4v) is 1.99. The lowest BCUT2D eigenvalue weighted by atomic mass is 10.2. The Morgan fingerprint density at radius 2 is 2.05 bits per heavy atom. The molecule has 1 aliphatic carbocycles. The molecule has 1 heterocycles. The van der Waals surface area contributed by atoms with Crippen LogP contribution in [0.2, 0.25) is 0 Å². The number of nitrogens with one attached hydrogen (secondary N) is 1. The van der Waals surface area contributed by atoms with E-state index >= 15 is 0 Å². The minimum Gasteiger partial charge on any atom is -0.308 e. The molecular weight excluding hydrogens is 288 g/mol. The Bertz CT molecular complexity index is 646. The van der Waals surface area contributed by atoms with Crippen LogP contribution in [-0.2, 0) is 12.7 Å². The summed E-state index contributed by atoms with van der Waals surface area (Å²) in [6.07, 6.45) is -1.08. The lowest BCUT2D eigenvalue weighted by molar-refractivity contribution is -0.140. The zero-order chi connectivity index (χ0) is 15.0. The van der Waals surface area contributed by atoms with E-state index in [0.717, 1.165) is 25.0 Å². The molecule has 2 aromatic rings. The average Bonchev–Trinajstić information content (AvgIpc) is 3.13. The fourth-order valence-electron chi connectivity index (χ4n) is 1.99. The molecule has 0 radical (unpaired) electrons. The van der Waals surface area contributed by atoms with Crippen LogP contribution >= 0.6 is 0 Å². The van der Waals surface area contributed by atoms with E-state index in [9.17, 15) is 17.6 Å². The first-order chi connectivity index (χ1) is 9.95. The Labute approximate surface area is 117 Å². The lowest BCUT2D eigenvalue weighted by Gasteiger charge is -2.11. The maximum absolute atomic E-state index is 13.3. The highest BCUT2D eigenvalue weighted by atomic mass is 19.4. The molecule has 112 valence electrons. The lowest BCUT2D eigenvalue weighted by Crippen LogP contribution is -2.18. The first-order valence-corrected chi connectivity index (χ1v) is 6.45. The van der Waals surface area contributed by atoms with Crippen LogP contribution in [0.15, 0.2) is 24.4 Å². The van der Waals surface area contributed by atoms with Crippen LogP contribution in [0.4, 0.5) is 17.6 Å². The average molecular weight is 300 g/mol. The summed E-state index contributed by atoms with van der Waals surface area (Å²) in [7, 11) is 0. The second-order valence-electron chi connectivity index (χ2n) is 4.95. The normalized spacial score (nSPS) is 15.4. The molecule has 0 amide bonds. The van der Waals surface area contributed by atoms with Crippen molar-refractivity contribution < 1.29 is 17.6 Å². The third kappa shape index (κ3) is 3.05. The van der Waals surface area contributed by atoms with Crippen LogP contribution < -0.4 is 5.32 Å². The van der Waals surface area contributed by atoms with Crippen molar-refractivity contribution in [2.45, 2.75) is 31.6 Å². The molecule has 0 unspecified atom stereocenters. The predicted octanol–water partition coefficient (Wildman–Crippen LogP) is 2.68. The van der Waals surface area contributed by atoms with E-state index in [1.165, 1.54) is 16.9 Å². The highest BCUT2D eigenvalue weighted by molar-refractivity contribution is 5.38. The number of halogens is 4. The molecule has 0 saturated heterocycles. The van der Waals surface area contributed by atoms with E-state index in [4.69, 9.17) is 0 Å². The Hall–Kier alpha value is -1.96. The molecule has 0 aliphatic heterocycles. The number of alkyl halides is 3. The van der Waals surface area contributed by atoms with Gasteiger partial charge in [0.2, 0.25) is 0 Å². The van der Waals surface area contributed by atoms with E-state index < -0.39 is 17.6 Å². The molecule has 1 aromatic heterocycles. The van der Waals surface area contributed by atoms with Crippen LogP contribution in [0.1, 0.15) is 24.1 Å². The summed E-state index contributed by atoms with van der Waals surface area (Å²) in [6, 6.07) is 3.23. The standard InChI is InChI=1S/C13H12F4N4/c14-12-4-3-9(5-11(12)13(15,16)17)21-10(7-19-20-21)6-18-8-1-2-8/h3-5,7-8,18H,1-2,6H2. The third-order valence-corrected chi connectivity index (χ3v) is 3.27. The number of aromatic nitrogens is 3. The summed E-state index contributed by atoms with van der Waals surface area (Å²) >= 11 is 0. The van der Waals surface area contributed by atoms with Gasteiger partial charge in [-0.05, 0) is 31.0 Å². The molecular formula is C13H12F4N4. The Morgan fingerprint density at radius 3 is 2.71 bits per heavy atom. The van der Waals surface area contributed by atoms with Crippen molar-refractivity contribution in [3.8, 4) is 5.69 Å². The Morgan fingerprint density at radius 1 is 1.29 bits per heavy atom. The summed E-state index contributed by atoms with van der Waals surface area (Å²) in [5, 5.41) is 10.7. The van der Waals surface area contributed by atoms with Gasteiger partial charge in [-0.2, -0.15) is 13.2 Å². The minimum atomic E-state index is -4.74. The van der Waals surface area contributed by atoms with Crippen molar-refractivity contribution in [3.63, 3.8) is 0 Å². The van der Waals surface area contributed by atoms with Gasteiger partial charge < -0.3 is 5.32 Å². The van der Waals surface area contributed by atoms with Gasteiger partial charge in [-0.3, -0.25) is 0 Å². The zero-order valence-electron chi connectivity index (χ0n) is 10.9. The number of hydrogen-bond acceptors (Lipinski definition) is 3. The van der Waals surface area contributed by atoms with Crippen LogP contribution in [0.5, 0.6) is 0 Å². The molecule has 4 nitrogen and oxygen atoms in total. The summed E-state index contributed by atoms with van der Waals surface area (Å²) in [5.74, 6) is -1.30. The van der Waals surface area contributed by atoms with E-state index in [1.807, 2.05) is 0 Å². The quantitative estimate of drug-likeness (QED) is 0.883. The van der Waals surface area contributed by atoms with Gasteiger partial charge in [0.05, 0.1) is 23.1 Å². The van der Waals surface area contributed by atoms with Crippen molar-refractivity contribution in [2.75, 3.05) is 0 Å². The van der Waals surface area contributed by atoms with Crippen LogP contribution in [-0.4, -0.2) is 21.0 Å². The van der Waals surface area contributed by atoms with Gasteiger partial charge >= 0.3 is 6.18 Å². The monoisotopic (exact) mass is 300 g/mol. The van der Waals surface area contributed by atoms with Crippen molar-refractivity contribution in [1.29, 1.82) is 0 Å². The highest BCUT2D eigenvalue weighted by Gasteiger charge is 2.34. The molecule has 0 bridgehead atoms. The molecule has 1 fully saturated rings. The van der Waals surface area contributed by atoms with E-state index in [-0.39, 0.29) is 5.69 Å². The molecule has 0 atom stereocenters. The first-order valence-electron chi connectivity index (χ1n) is 6.45. The third-order valence-electron chi connectivity index (χ3n) is 3.27. The number of rotatable bonds is 4. The molecule has 1 N–H and O–H groups in total. The first kappa shape index (κ1) is 14.0. The smallest absolute Gasteiger partial charge is 0.308 e. The SMILES string of the molecule is Fc1ccc(-n2nncc2CNC2CC2)cc1C(F)(F)F. The van der Waals surface area contributed by atoms with Crippen molar-refractivity contribution >= 4 is 0 Å². The maximum Gasteiger partial charge on any atom is 0.419 e. The molecule has 0 spiro atoms. The molecule has 1 aromatic carbocycles. The Balaban J connectivity index is 1.91. The summed E-state index contributed by atoms with van der Waals surface area (Å²) in [6.45, 7) is 0.455. The zero-order valence-corrected chi connectivity index (χ0v) is 10.9. The predicted molar refractivity (Wildman–Crippen MR) is 66.2 cm³/mol. The van der Waals surface area contributed by atoms with Crippen molar-refractivity contribution in [1.82, 2.24) is 20.3 Å². The van der Waals surface area contributed by atoms with Crippen LogP contribution in [0.3, 0.4) is 0 Å². The van der Waals surface area contributed by atoms with Gasteiger partial charge in [-0.15, -0.1) is 5.10 Å². The summed E-state index contributed by atoms with van der Waals surface area (Å²) in [4.78, 5) is 0. The summed E-state index contributed by atoms with van der Waals surface area (Å²) in [5.41, 5.74) is -0.549. The molecule has 1 aliphatic rings. The molecule has 1 saturated carbocycles. The van der Waals surface area contributed by atoms with Gasteiger partial charge in [-0.25, -0.2) is 9.07 Å². The van der Waals surface area contributed by atoms with Gasteiger partial charge in [0.1, 0.15) is 5.82 Å². The molecule has 3 rings (SSSR count). The second kappa shape index (κ2) is 5.10. The van der Waals surface area contributed by atoms with Crippen molar-refractivity contribution in [2.24, 2.45) is 0 Å². The van der Waals surface area contributed by atoms with E-state index in [2.05, 4.69) is 15.6 Å². The highest BCUT2D eigenvalue weighted by Crippen LogP contribution is 2.32. The van der Waals surface area contributed by atoms with Gasteiger partial charge in [0.25, 0.3) is 0 Å². The Kier molecular flexibility index (Phi) is 3.40. The van der Waals surface area contributed by atoms with Crippen LogP contribution in [0.25, 0.3) is 5.69 Å². The minimum absolute atomic E-state index is 0.133. The maximum atomic E-state index is 13.3. The molecule has 8 heteroatoms. The number of nitrogens with zero attached hydrogens (tertiary/aromatic N) is 3. The van der Waals surface area contributed by atoms with Crippen LogP contribution in [0, 0.1) is 5.82 Å². The second-order valence-corrected chi connectivity index (χ2v) is 4.95. The largest absolute Gasteiger partial charge is 0.419 e. The van der Waals surface area contributed by atoms with Crippen molar-refractivity contribution in [3.05, 3.63) is 41.5 Å². The van der Waals surface area contributed by atoms with Gasteiger partial charge in [0, 0.05) is 12.6 Å². The molecule has 21 heavy (non-hydrogen) atoms. The van der Waals surface area contributed by atoms with E-state index in [0.29, 0.717) is 18.3 Å². The van der Waals surface area contributed by atoms with E-state index in [1.54, 1.807) is 0 Å². The summed E-state index contributed by atoms with van der Waals surface area (Å²) < 4.78 is 52.8. The fraction of sp³-hybridized carbons (Fsp3) is 0.385. The topological polar surface area (TPSA) is 42.7 Å². The van der Waals surface area contributed by atoms with Gasteiger partial charge in [0.15, 0.2) is 0 Å².